The molecule has 2 atom stereocenters. The number of aryl methyl sites for hydroxylation is 1. The minimum Gasteiger partial charge on any atom is -0.494 e. The molecule has 1 aromatic heterocycles. The van der Waals surface area contributed by atoms with Crippen LogP contribution >= 0.6 is 0 Å². The van der Waals surface area contributed by atoms with E-state index in [9.17, 15) is 9.59 Å². The van der Waals surface area contributed by atoms with E-state index in [0.717, 1.165) is 48.8 Å². The SMILES string of the molecule is CCCCCCCN1CC[C@@H](CCCc2ccnc3ccc(OCCCCCN4C(=O)c5ccccc5C4=O)cc23)[C@@H](CC)C1. The van der Waals surface area contributed by atoms with Crippen LogP contribution in [0.4, 0.5) is 0 Å². The number of piperidine rings is 1. The largest absolute Gasteiger partial charge is 0.494 e. The molecule has 2 aliphatic rings. The number of rotatable bonds is 18. The lowest BCUT2D eigenvalue weighted by molar-refractivity contribution is 0.0651. The monoisotopic (exact) mass is 611 g/mol. The van der Waals surface area contributed by atoms with Crippen molar-refractivity contribution >= 4 is 22.7 Å². The quantitative estimate of drug-likeness (QED) is 0.106. The molecule has 6 nitrogen and oxygen atoms in total. The summed E-state index contributed by atoms with van der Waals surface area (Å²) < 4.78 is 6.14. The van der Waals surface area contributed by atoms with Gasteiger partial charge in [0.05, 0.1) is 23.3 Å². The Morgan fingerprint density at radius 3 is 2.36 bits per heavy atom. The molecule has 1 saturated heterocycles. The van der Waals surface area contributed by atoms with Crippen LogP contribution in [0.3, 0.4) is 0 Å². The number of carbonyl (C=O) groups excluding carboxylic acids is 2. The summed E-state index contributed by atoms with van der Waals surface area (Å²) in [6, 6.07) is 15.5. The van der Waals surface area contributed by atoms with Crippen LogP contribution in [0.15, 0.2) is 54.7 Å². The van der Waals surface area contributed by atoms with Gasteiger partial charge in [0.2, 0.25) is 0 Å². The van der Waals surface area contributed by atoms with Crippen molar-refractivity contribution in [2.45, 2.75) is 97.3 Å². The van der Waals surface area contributed by atoms with Gasteiger partial charge in [-0.1, -0.05) is 58.1 Å². The van der Waals surface area contributed by atoms with Crippen LogP contribution in [-0.2, 0) is 6.42 Å². The Morgan fingerprint density at radius 1 is 0.822 bits per heavy atom. The highest BCUT2D eigenvalue weighted by molar-refractivity contribution is 6.21. The maximum Gasteiger partial charge on any atom is 0.261 e. The molecule has 0 bridgehead atoms. The van der Waals surface area contributed by atoms with Crippen LogP contribution in [0, 0.1) is 11.8 Å². The molecule has 0 aliphatic carbocycles. The highest BCUT2D eigenvalue weighted by Crippen LogP contribution is 2.32. The van der Waals surface area contributed by atoms with E-state index in [1.165, 1.54) is 93.3 Å². The predicted octanol–water partition coefficient (Wildman–Crippen LogP) is 8.72. The number of carbonyl (C=O) groups is 2. The molecule has 6 heteroatoms. The van der Waals surface area contributed by atoms with Gasteiger partial charge in [0.25, 0.3) is 11.8 Å². The van der Waals surface area contributed by atoms with E-state index in [2.05, 4.69) is 41.9 Å². The number of amides is 2. The van der Waals surface area contributed by atoms with E-state index in [0.29, 0.717) is 24.3 Å². The first-order valence-electron chi connectivity index (χ1n) is 17.8. The number of nitrogens with zero attached hydrogens (tertiary/aromatic N) is 3. The van der Waals surface area contributed by atoms with E-state index in [1.807, 2.05) is 12.3 Å². The third-order valence-electron chi connectivity index (χ3n) is 10.1. The number of hydrogen-bond donors (Lipinski definition) is 0. The number of imide groups is 1. The number of hydrogen-bond acceptors (Lipinski definition) is 5. The van der Waals surface area contributed by atoms with E-state index in [1.54, 1.807) is 24.3 Å². The molecule has 0 spiro atoms. The molecule has 2 amide bonds. The average Bonchev–Trinajstić information content (AvgIpc) is 3.31. The van der Waals surface area contributed by atoms with Crippen molar-refractivity contribution in [3.05, 3.63) is 71.4 Å². The van der Waals surface area contributed by atoms with Crippen molar-refractivity contribution in [1.82, 2.24) is 14.8 Å². The molecule has 0 radical (unpaired) electrons. The second-order valence-electron chi connectivity index (χ2n) is 13.2. The lowest BCUT2D eigenvalue weighted by atomic mass is 9.80. The Morgan fingerprint density at radius 2 is 1.58 bits per heavy atom. The minimum absolute atomic E-state index is 0.175. The summed E-state index contributed by atoms with van der Waals surface area (Å²) in [5.74, 6) is 2.20. The standard InChI is InChI=1S/C39H53N3O3/c1-3-5-6-7-11-24-41-26-22-31(30(4-2)29-41)15-14-16-32-21-23-40-37-20-19-33(28-36(32)37)45-27-13-8-12-25-42-38(43)34-17-9-10-18-35(34)39(42)44/h9-10,17-21,23,28,30-31H,3-8,11-16,22,24-27,29H2,1-2H3/t30-,31+/m0/s1. The summed E-state index contributed by atoms with van der Waals surface area (Å²) >= 11 is 0. The number of ether oxygens (including phenoxy) is 1. The van der Waals surface area contributed by atoms with Crippen LogP contribution < -0.4 is 4.74 Å². The third kappa shape index (κ3) is 8.72. The Bertz CT molecular complexity index is 1370. The molecule has 5 rings (SSSR count). The van der Waals surface area contributed by atoms with E-state index in [-0.39, 0.29) is 11.8 Å². The molecule has 2 aliphatic heterocycles. The summed E-state index contributed by atoms with van der Waals surface area (Å²) in [5, 5.41) is 1.20. The van der Waals surface area contributed by atoms with Gasteiger partial charge < -0.3 is 9.64 Å². The van der Waals surface area contributed by atoms with Gasteiger partial charge in [0.15, 0.2) is 0 Å². The van der Waals surface area contributed by atoms with E-state index in [4.69, 9.17) is 4.74 Å². The van der Waals surface area contributed by atoms with Crippen LogP contribution in [0.5, 0.6) is 5.75 Å². The van der Waals surface area contributed by atoms with Gasteiger partial charge in [0.1, 0.15) is 5.75 Å². The Labute approximate surface area is 270 Å². The molecular weight excluding hydrogens is 558 g/mol. The zero-order valence-corrected chi connectivity index (χ0v) is 27.6. The topological polar surface area (TPSA) is 62.7 Å². The van der Waals surface area contributed by atoms with E-state index >= 15 is 0 Å². The van der Waals surface area contributed by atoms with Gasteiger partial charge in [-0.15, -0.1) is 0 Å². The lowest BCUT2D eigenvalue weighted by Gasteiger charge is -2.38. The van der Waals surface area contributed by atoms with Crippen molar-refractivity contribution in [3.8, 4) is 5.75 Å². The smallest absolute Gasteiger partial charge is 0.261 e. The van der Waals surface area contributed by atoms with Crippen LogP contribution in [0.2, 0.25) is 0 Å². The molecular formula is C39H53N3O3. The Balaban J connectivity index is 1.04. The van der Waals surface area contributed by atoms with Crippen molar-refractivity contribution in [3.63, 3.8) is 0 Å². The van der Waals surface area contributed by atoms with Crippen molar-refractivity contribution in [2.75, 3.05) is 32.8 Å². The maximum atomic E-state index is 12.6. The number of fused-ring (bicyclic) bond motifs is 2. The molecule has 45 heavy (non-hydrogen) atoms. The highest BCUT2D eigenvalue weighted by atomic mass is 16.5. The van der Waals surface area contributed by atoms with Gasteiger partial charge in [-0.2, -0.15) is 0 Å². The number of unbranched alkanes of at least 4 members (excludes halogenated alkanes) is 6. The maximum absolute atomic E-state index is 12.6. The fourth-order valence-electron chi connectivity index (χ4n) is 7.37. The van der Waals surface area contributed by atoms with Crippen molar-refractivity contribution in [2.24, 2.45) is 11.8 Å². The first-order chi connectivity index (χ1) is 22.1. The first-order valence-corrected chi connectivity index (χ1v) is 17.8. The fraction of sp³-hybridized carbons (Fsp3) is 0.564. The summed E-state index contributed by atoms with van der Waals surface area (Å²) in [4.78, 5) is 33.9. The first kappa shape index (κ1) is 33.1. The second-order valence-corrected chi connectivity index (χ2v) is 13.2. The van der Waals surface area contributed by atoms with Gasteiger partial charge in [-0.05, 0) is 118 Å². The van der Waals surface area contributed by atoms with Crippen LogP contribution in [0.1, 0.15) is 117 Å². The Kier molecular flexibility index (Phi) is 12.4. The normalized spacial score (nSPS) is 18.6. The zero-order valence-electron chi connectivity index (χ0n) is 27.6. The molecule has 0 unspecified atom stereocenters. The molecule has 0 N–H and O–H groups in total. The third-order valence-corrected chi connectivity index (χ3v) is 10.1. The molecule has 0 saturated carbocycles. The summed E-state index contributed by atoms with van der Waals surface area (Å²) in [6.07, 6.45) is 17.6. The predicted molar refractivity (Wildman–Crippen MR) is 183 cm³/mol. The highest BCUT2D eigenvalue weighted by Gasteiger charge is 2.34. The zero-order chi connectivity index (χ0) is 31.4. The van der Waals surface area contributed by atoms with Gasteiger partial charge in [-0.25, -0.2) is 0 Å². The Hall–Kier alpha value is -3.25. The second kappa shape index (κ2) is 16.9. The number of pyridine rings is 1. The number of benzene rings is 2. The summed E-state index contributed by atoms with van der Waals surface area (Å²) in [5.41, 5.74) is 3.43. The molecule has 2 aromatic carbocycles. The summed E-state index contributed by atoms with van der Waals surface area (Å²) in [6.45, 7) is 9.59. The van der Waals surface area contributed by atoms with Crippen LogP contribution in [0.25, 0.3) is 10.9 Å². The number of likely N-dealkylation sites (tertiary alicyclic amines) is 1. The number of aromatic nitrogens is 1. The summed E-state index contributed by atoms with van der Waals surface area (Å²) in [7, 11) is 0. The average molecular weight is 612 g/mol. The van der Waals surface area contributed by atoms with Gasteiger partial charge in [0, 0.05) is 24.7 Å². The molecule has 3 heterocycles. The minimum atomic E-state index is -0.175. The molecule has 242 valence electrons. The van der Waals surface area contributed by atoms with Crippen molar-refractivity contribution in [1.29, 1.82) is 0 Å². The molecule has 3 aromatic rings. The van der Waals surface area contributed by atoms with Crippen LogP contribution in [-0.4, -0.2) is 59.4 Å². The van der Waals surface area contributed by atoms with E-state index < -0.39 is 0 Å². The van der Waals surface area contributed by atoms with Gasteiger partial charge >= 0.3 is 0 Å². The van der Waals surface area contributed by atoms with Gasteiger partial charge in [-0.3, -0.25) is 19.5 Å². The molecule has 1 fully saturated rings. The fourth-order valence-corrected chi connectivity index (χ4v) is 7.37. The van der Waals surface area contributed by atoms with Crippen molar-refractivity contribution < 1.29 is 14.3 Å². The lowest BCUT2D eigenvalue weighted by Crippen LogP contribution is -2.40.